The van der Waals surface area contributed by atoms with Gasteiger partial charge in [-0.15, -0.1) is 0 Å². The van der Waals surface area contributed by atoms with E-state index in [1.807, 2.05) is 19.1 Å². The molecule has 3 N–H and O–H groups in total. The number of anilines is 1. The third-order valence-electron chi connectivity index (χ3n) is 4.66. The highest BCUT2D eigenvalue weighted by Crippen LogP contribution is 2.31. The molecule has 2 aromatic rings. The van der Waals surface area contributed by atoms with Crippen LogP contribution in [-0.4, -0.2) is 23.1 Å². The molecule has 0 spiro atoms. The Labute approximate surface area is 130 Å². The standard InChI is InChI=1S/C17H24N4O/c1-11-8-12(10-18)14-13(9-11)15(22)20-16(19-14)21-6-4-17(2,3)5-7-21/h8-9H,4-7,10,18H2,1-3H3,(H,19,20,22). The molecular weight excluding hydrogens is 276 g/mol. The summed E-state index contributed by atoms with van der Waals surface area (Å²) in [5.74, 6) is 0.673. The molecule has 1 aromatic heterocycles. The smallest absolute Gasteiger partial charge is 0.260 e. The zero-order valence-corrected chi connectivity index (χ0v) is 13.6. The summed E-state index contributed by atoms with van der Waals surface area (Å²) in [5, 5.41) is 0.626. The lowest BCUT2D eigenvalue weighted by atomic mass is 9.83. The number of rotatable bonds is 2. The lowest BCUT2D eigenvalue weighted by Gasteiger charge is -2.37. The van der Waals surface area contributed by atoms with Gasteiger partial charge in [0, 0.05) is 19.6 Å². The molecule has 1 aromatic carbocycles. The van der Waals surface area contributed by atoms with Crippen LogP contribution in [0.3, 0.4) is 0 Å². The Morgan fingerprint density at radius 2 is 2.00 bits per heavy atom. The number of benzene rings is 1. The summed E-state index contributed by atoms with van der Waals surface area (Å²) in [4.78, 5) is 22.3. The number of hydrogen-bond acceptors (Lipinski definition) is 4. The first kappa shape index (κ1) is 15.0. The highest BCUT2D eigenvalue weighted by molar-refractivity contribution is 5.82. The Balaban J connectivity index is 2.06. The van der Waals surface area contributed by atoms with Crippen molar-refractivity contribution in [3.05, 3.63) is 33.6 Å². The largest absolute Gasteiger partial charge is 0.342 e. The topological polar surface area (TPSA) is 75.0 Å². The van der Waals surface area contributed by atoms with Crippen molar-refractivity contribution in [3.63, 3.8) is 0 Å². The lowest BCUT2D eigenvalue weighted by molar-refractivity contribution is 0.278. The van der Waals surface area contributed by atoms with E-state index in [9.17, 15) is 4.79 Å². The van der Waals surface area contributed by atoms with Gasteiger partial charge in [-0.25, -0.2) is 4.98 Å². The summed E-state index contributed by atoms with van der Waals surface area (Å²) in [6, 6.07) is 3.89. The number of fused-ring (bicyclic) bond motifs is 1. The highest BCUT2D eigenvalue weighted by atomic mass is 16.1. The zero-order valence-electron chi connectivity index (χ0n) is 13.6. The predicted octanol–water partition coefficient (Wildman–Crippen LogP) is 2.32. The quantitative estimate of drug-likeness (QED) is 0.892. The molecule has 22 heavy (non-hydrogen) atoms. The molecular formula is C17H24N4O. The zero-order chi connectivity index (χ0) is 15.9. The van der Waals surface area contributed by atoms with E-state index in [0.29, 0.717) is 23.3 Å². The van der Waals surface area contributed by atoms with E-state index < -0.39 is 0 Å². The number of aryl methyl sites for hydroxylation is 1. The van der Waals surface area contributed by atoms with Crippen LogP contribution in [0.2, 0.25) is 0 Å². The summed E-state index contributed by atoms with van der Waals surface area (Å²) in [7, 11) is 0. The molecule has 0 bridgehead atoms. The van der Waals surface area contributed by atoms with Gasteiger partial charge in [0.15, 0.2) is 0 Å². The number of H-pyrrole nitrogens is 1. The van der Waals surface area contributed by atoms with Crippen molar-refractivity contribution in [1.29, 1.82) is 0 Å². The van der Waals surface area contributed by atoms with E-state index in [4.69, 9.17) is 10.7 Å². The fraction of sp³-hybridized carbons (Fsp3) is 0.529. The van der Waals surface area contributed by atoms with Crippen molar-refractivity contribution in [2.24, 2.45) is 11.1 Å². The fourth-order valence-corrected chi connectivity index (χ4v) is 3.09. The lowest BCUT2D eigenvalue weighted by Crippen LogP contribution is -2.39. The van der Waals surface area contributed by atoms with E-state index in [-0.39, 0.29) is 5.56 Å². The minimum atomic E-state index is -0.0803. The summed E-state index contributed by atoms with van der Waals surface area (Å²) in [6.45, 7) is 8.78. The highest BCUT2D eigenvalue weighted by Gasteiger charge is 2.26. The number of nitrogens with one attached hydrogen (secondary N) is 1. The average molecular weight is 300 g/mol. The molecule has 118 valence electrons. The van der Waals surface area contributed by atoms with Crippen LogP contribution in [0.15, 0.2) is 16.9 Å². The van der Waals surface area contributed by atoms with Crippen LogP contribution in [0.1, 0.15) is 37.8 Å². The van der Waals surface area contributed by atoms with Crippen LogP contribution in [-0.2, 0) is 6.54 Å². The molecule has 1 aliphatic rings. The Morgan fingerprint density at radius 1 is 1.32 bits per heavy atom. The Morgan fingerprint density at radius 3 is 2.64 bits per heavy atom. The maximum absolute atomic E-state index is 12.4. The summed E-state index contributed by atoms with van der Waals surface area (Å²) >= 11 is 0. The van der Waals surface area contributed by atoms with Gasteiger partial charge in [0.05, 0.1) is 10.9 Å². The predicted molar refractivity (Wildman–Crippen MR) is 90.2 cm³/mol. The second kappa shape index (κ2) is 5.39. The molecule has 0 unspecified atom stereocenters. The molecule has 1 fully saturated rings. The van der Waals surface area contributed by atoms with Gasteiger partial charge in [0.1, 0.15) is 0 Å². The van der Waals surface area contributed by atoms with Gasteiger partial charge in [-0.1, -0.05) is 19.9 Å². The van der Waals surface area contributed by atoms with Gasteiger partial charge in [-0.2, -0.15) is 0 Å². The van der Waals surface area contributed by atoms with Crippen LogP contribution in [0.25, 0.3) is 10.9 Å². The molecule has 5 nitrogen and oxygen atoms in total. The number of hydrogen-bond donors (Lipinski definition) is 2. The summed E-state index contributed by atoms with van der Waals surface area (Å²) in [5.41, 5.74) is 8.82. The molecule has 0 saturated carbocycles. The Hall–Kier alpha value is -1.88. The minimum absolute atomic E-state index is 0.0803. The van der Waals surface area contributed by atoms with E-state index in [0.717, 1.165) is 42.6 Å². The molecule has 1 saturated heterocycles. The Bertz CT molecular complexity index is 753. The third-order valence-corrected chi connectivity index (χ3v) is 4.66. The fourth-order valence-electron chi connectivity index (χ4n) is 3.09. The van der Waals surface area contributed by atoms with Crippen molar-refractivity contribution in [2.75, 3.05) is 18.0 Å². The van der Waals surface area contributed by atoms with Crippen molar-refractivity contribution in [1.82, 2.24) is 9.97 Å². The SMILES string of the molecule is Cc1cc(CN)c2nc(N3CCC(C)(C)CC3)[nH]c(=O)c2c1. The maximum atomic E-state index is 12.4. The molecule has 3 rings (SSSR count). The second-order valence-electron chi connectivity index (χ2n) is 7.07. The van der Waals surface area contributed by atoms with E-state index in [2.05, 4.69) is 23.7 Å². The van der Waals surface area contributed by atoms with Gasteiger partial charge in [0.2, 0.25) is 5.95 Å². The molecule has 2 heterocycles. The number of nitrogens with zero attached hydrogens (tertiary/aromatic N) is 2. The number of piperidine rings is 1. The van der Waals surface area contributed by atoms with Gasteiger partial charge in [0.25, 0.3) is 5.56 Å². The summed E-state index contributed by atoms with van der Waals surface area (Å²) < 4.78 is 0. The minimum Gasteiger partial charge on any atom is -0.342 e. The number of aromatic nitrogens is 2. The molecule has 0 amide bonds. The van der Waals surface area contributed by atoms with Crippen molar-refractivity contribution in [3.8, 4) is 0 Å². The van der Waals surface area contributed by atoms with E-state index in [1.54, 1.807) is 0 Å². The van der Waals surface area contributed by atoms with Gasteiger partial charge >= 0.3 is 0 Å². The summed E-state index contributed by atoms with van der Waals surface area (Å²) in [6.07, 6.45) is 2.21. The Kier molecular flexibility index (Phi) is 3.68. The average Bonchev–Trinajstić information content (AvgIpc) is 2.47. The molecule has 1 aliphatic heterocycles. The van der Waals surface area contributed by atoms with Gasteiger partial charge in [-0.05, 0) is 42.4 Å². The first-order valence-electron chi connectivity index (χ1n) is 7.88. The molecule has 0 radical (unpaired) electrons. The maximum Gasteiger partial charge on any atom is 0.260 e. The first-order chi connectivity index (χ1) is 10.4. The monoisotopic (exact) mass is 300 g/mol. The van der Waals surface area contributed by atoms with Gasteiger partial charge < -0.3 is 10.6 Å². The third kappa shape index (κ3) is 2.73. The van der Waals surface area contributed by atoms with Crippen molar-refractivity contribution < 1.29 is 0 Å². The van der Waals surface area contributed by atoms with Crippen LogP contribution in [0, 0.1) is 12.3 Å². The van der Waals surface area contributed by atoms with Gasteiger partial charge in [-0.3, -0.25) is 9.78 Å². The van der Waals surface area contributed by atoms with Crippen LogP contribution >= 0.6 is 0 Å². The molecule has 0 aliphatic carbocycles. The van der Waals surface area contributed by atoms with Crippen molar-refractivity contribution in [2.45, 2.75) is 40.2 Å². The number of nitrogens with two attached hydrogens (primary N) is 1. The van der Waals surface area contributed by atoms with Crippen LogP contribution < -0.4 is 16.2 Å². The van der Waals surface area contributed by atoms with E-state index >= 15 is 0 Å². The molecule has 5 heteroatoms. The van der Waals surface area contributed by atoms with Crippen molar-refractivity contribution >= 4 is 16.9 Å². The van der Waals surface area contributed by atoms with E-state index in [1.165, 1.54) is 0 Å². The normalized spacial score (nSPS) is 17.9. The second-order valence-corrected chi connectivity index (χ2v) is 7.07. The first-order valence-corrected chi connectivity index (χ1v) is 7.88. The number of aromatic amines is 1. The van der Waals surface area contributed by atoms with Crippen LogP contribution in [0.5, 0.6) is 0 Å². The van der Waals surface area contributed by atoms with Crippen LogP contribution in [0.4, 0.5) is 5.95 Å². The molecule has 0 atom stereocenters.